The van der Waals surface area contributed by atoms with Crippen LogP contribution in [0, 0.1) is 11.8 Å². The summed E-state index contributed by atoms with van der Waals surface area (Å²) in [5.74, 6) is -0.578. The number of carboxylic acids is 1. The number of rotatable bonds is 5. The summed E-state index contributed by atoms with van der Waals surface area (Å²) in [6.45, 7) is 2.56. The molecule has 1 atom stereocenters. The molecule has 1 unspecified atom stereocenters. The van der Waals surface area contributed by atoms with Gasteiger partial charge in [0.25, 0.3) is 0 Å². The van der Waals surface area contributed by atoms with E-state index < -0.39 is 5.97 Å². The lowest BCUT2D eigenvalue weighted by Crippen LogP contribution is -2.34. The second-order valence-corrected chi connectivity index (χ2v) is 5.93. The zero-order valence-electron chi connectivity index (χ0n) is 12.4. The largest absolute Gasteiger partial charge is 0.481 e. The predicted octanol–water partition coefficient (Wildman–Crippen LogP) is 2.80. The molecule has 1 aromatic carbocycles. The molecule has 21 heavy (non-hydrogen) atoms. The zero-order chi connectivity index (χ0) is 15.2. The van der Waals surface area contributed by atoms with Crippen molar-refractivity contribution in [3.63, 3.8) is 0 Å². The van der Waals surface area contributed by atoms with Crippen LogP contribution in [0.2, 0.25) is 0 Å². The van der Waals surface area contributed by atoms with Gasteiger partial charge in [-0.05, 0) is 44.1 Å². The van der Waals surface area contributed by atoms with E-state index in [2.05, 4.69) is 5.32 Å². The van der Waals surface area contributed by atoms with Gasteiger partial charge >= 0.3 is 5.97 Å². The Morgan fingerprint density at radius 2 is 1.81 bits per heavy atom. The molecule has 4 nitrogen and oxygen atoms in total. The van der Waals surface area contributed by atoms with Crippen molar-refractivity contribution in [1.29, 1.82) is 0 Å². The van der Waals surface area contributed by atoms with E-state index >= 15 is 0 Å². The van der Waals surface area contributed by atoms with Crippen molar-refractivity contribution in [1.82, 2.24) is 5.32 Å². The summed E-state index contributed by atoms with van der Waals surface area (Å²) in [5, 5.41) is 12.0. The highest BCUT2D eigenvalue weighted by molar-refractivity contribution is 5.83. The van der Waals surface area contributed by atoms with Gasteiger partial charge in [-0.1, -0.05) is 30.3 Å². The van der Waals surface area contributed by atoms with Crippen LogP contribution in [0.1, 0.15) is 44.1 Å². The Labute approximate surface area is 125 Å². The fourth-order valence-corrected chi connectivity index (χ4v) is 2.90. The van der Waals surface area contributed by atoms with Crippen LogP contribution in [0.25, 0.3) is 0 Å². The number of carbonyl (C=O) groups excluding carboxylic acids is 1. The van der Waals surface area contributed by atoms with Gasteiger partial charge in [-0.3, -0.25) is 9.59 Å². The first kappa shape index (κ1) is 15.5. The van der Waals surface area contributed by atoms with E-state index in [0.717, 1.165) is 31.2 Å². The summed E-state index contributed by atoms with van der Waals surface area (Å²) in [4.78, 5) is 23.1. The summed E-state index contributed by atoms with van der Waals surface area (Å²) in [6, 6.07) is 9.73. The Hall–Kier alpha value is -1.84. The molecule has 0 radical (unpaired) electrons. The number of amides is 1. The van der Waals surface area contributed by atoms with Crippen molar-refractivity contribution in [2.75, 3.05) is 6.54 Å². The van der Waals surface area contributed by atoms with Crippen LogP contribution in [-0.4, -0.2) is 23.5 Å². The van der Waals surface area contributed by atoms with Gasteiger partial charge in [0.1, 0.15) is 0 Å². The van der Waals surface area contributed by atoms with Gasteiger partial charge in [-0.25, -0.2) is 0 Å². The van der Waals surface area contributed by atoms with E-state index in [-0.39, 0.29) is 17.7 Å². The lowest BCUT2D eigenvalue weighted by Gasteiger charge is -2.26. The zero-order valence-corrected chi connectivity index (χ0v) is 12.4. The number of aliphatic carboxylic acids is 1. The maximum Gasteiger partial charge on any atom is 0.306 e. The number of hydrogen-bond donors (Lipinski definition) is 2. The van der Waals surface area contributed by atoms with Gasteiger partial charge in [-0.2, -0.15) is 0 Å². The van der Waals surface area contributed by atoms with E-state index in [1.54, 1.807) is 0 Å². The van der Waals surface area contributed by atoms with Crippen LogP contribution in [0.3, 0.4) is 0 Å². The predicted molar refractivity (Wildman–Crippen MR) is 81.0 cm³/mol. The van der Waals surface area contributed by atoms with Gasteiger partial charge in [-0.15, -0.1) is 0 Å². The molecule has 114 valence electrons. The van der Waals surface area contributed by atoms with E-state index in [1.807, 2.05) is 37.3 Å². The minimum atomic E-state index is -0.685. The average molecular weight is 289 g/mol. The third kappa shape index (κ3) is 4.31. The maximum atomic E-state index is 12.2. The Morgan fingerprint density at radius 3 is 2.38 bits per heavy atom. The third-order valence-corrected chi connectivity index (χ3v) is 4.45. The van der Waals surface area contributed by atoms with Crippen molar-refractivity contribution in [2.24, 2.45) is 11.8 Å². The molecule has 2 N–H and O–H groups in total. The molecule has 0 aliphatic heterocycles. The Bertz CT molecular complexity index is 478. The summed E-state index contributed by atoms with van der Waals surface area (Å²) in [5.41, 5.74) is 1.02. The molecule has 1 fully saturated rings. The van der Waals surface area contributed by atoms with E-state index in [1.165, 1.54) is 0 Å². The molecule has 0 saturated heterocycles. The minimum absolute atomic E-state index is 0.0431. The average Bonchev–Trinajstić information content (AvgIpc) is 2.53. The molecular formula is C17H23NO3. The monoisotopic (exact) mass is 289 g/mol. The Kier molecular flexibility index (Phi) is 5.37. The third-order valence-electron chi connectivity index (χ3n) is 4.45. The summed E-state index contributed by atoms with van der Waals surface area (Å²) in [7, 11) is 0. The number of benzene rings is 1. The van der Waals surface area contributed by atoms with E-state index in [9.17, 15) is 9.59 Å². The smallest absolute Gasteiger partial charge is 0.306 e. The molecule has 4 heteroatoms. The molecular weight excluding hydrogens is 266 g/mol. The van der Waals surface area contributed by atoms with Crippen LogP contribution in [0.5, 0.6) is 0 Å². The normalized spacial score (nSPS) is 23.3. The fourth-order valence-electron chi connectivity index (χ4n) is 2.90. The van der Waals surface area contributed by atoms with Crippen LogP contribution in [0.4, 0.5) is 0 Å². The number of carbonyl (C=O) groups is 2. The Morgan fingerprint density at radius 1 is 1.19 bits per heavy atom. The van der Waals surface area contributed by atoms with Crippen molar-refractivity contribution in [3.8, 4) is 0 Å². The van der Waals surface area contributed by atoms with E-state index in [0.29, 0.717) is 12.5 Å². The van der Waals surface area contributed by atoms with Gasteiger partial charge in [0, 0.05) is 6.54 Å². The summed E-state index contributed by atoms with van der Waals surface area (Å²) >= 11 is 0. The molecule has 1 aromatic rings. The highest BCUT2D eigenvalue weighted by Gasteiger charge is 2.26. The second-order valence-electron chi connectivity index (χ2n) is 5.93. The standard InChI is InChI=1S/C17H23NO3/c1-12(14-5-3-2-4-6-14)16(19)18-11-13-7-9-15(10-8-13)17(20)21/h2-6,12-13,15H,7-11H2,1H3,(H,18,19)(H,20,21). The number of hydrogen-bond acceptors (Lipinski definition) is 2. The lowest BCUT2D eigenvalue weighted by atomic mass is 9.82. The first-order valence-electron chi connectivity index (χ1n) is 7.63. The minimum Gasteiger partial charge on any atom is -0.481 e. The molecule has 0 bridgehead atoms. The Balaban J connectivity index is 1.76. The van der Waals surface area contributed by atoms with Crippen LogP contribution >= 0.6 is 0 Å². The lowest BCUT2D eigenvalue weighted by molar-refractivity contribution is -0.143. The summed E-state index contributed by atoms with van der Waals surface area (Å²) < 4.78 is 0. The van der Waals surface area contributed by atoms with Crippen molar-refractivity contribution in [3.05, 3.63) is 35.9 Å². The topological polar surface area (TPSA) is 66.4 Å². The highest BCUT2D eigenvalue weighted by atomic mass is 16.4. The van der Waals surface area contributed by atoms with Crippen LogP contribution in [0.15, 0.2) is 30.3 Å². The van der Waals surface area contributed by atoms with E-state index in [4.69, 9.17) is 5.11 Å². The number of carboxylic acid groups (broad SMARTS) is 1. The molecule has 0 heterocycles. The molecule has 1 amide bonds. The molecule has 1 aliphatic rings. The maximum absolute atomic E-state index is 12.2. The SMILES string of the molecule is CC(C(=O)NCC1CCC(C(=O)O)CC1)c1ccccc1. The first-order valence-corrected chi connectivity index (χ1v) is 7.63. The summed E-state index contributed by atoms with van der Waals surface area (Å²) in [6.07, 6.45) is 3.22. The second kappa shape index (κ2) is 7.25. The molecule has 0 aromatic heterocycles. The fraction of sp³-hybridized carbons (Fsp3) is 0.529. The van der Waals surface area contributed by atoms with Crippen molar-refractivity contribution >= 4 is 11.9 Å². The molecule has 1 aliphatic carbocycles. The first-order chi connectivity index (χ1) is 10.1. The van der Waals surface area contributed by atoms with Crippen LogP contribution in [-0.2, 0) is 9.59 Å². The molecule has 0 spiro atoms. The van der Waals surface area contributed by atoms with Gasteiger partial charge in [0.15, 0.2) is 0 Å². The number of nitrogens with one attached hydrogen (secondary N) is 1. The van der Waals surface area contributed by atoms with Gasteiger partial charge < -0.3 is 10.4 Å². The van der Waals surface area contributed by atoms with Crippen molar-refractivity contribution < 1.29 is 14.7 Å². The van der Waals surface area contributed by atoms with Crippen molar-refractivity contribution in [2.45, 2.75) is 38.5 Å². The molecule has 1 saturated carbocycles. The molecule has 2 rings (SSSR count). The van der Waals surface area contributed by atoms with Crippen LogP contribution < -0.4 is 5.32 Å². The van der Waals surface area contributed by atoms with Gasteiger partial charge in [0.2, 0.25) is 5.91 Å². The van der Waals surface area contributed by atoms with Gasteiger partial charge in [0.05, 0.1) is 11.8 Å². The quantitative estimate of drug-likeness (QED) is 0.876. The highest BCUT2D eigenvalue weighted by Crippen LogP contribution is 2.28.